The molecule has 18 heavy (non-hydrogen) atoms. The van der Waals surface area contributed by atoms with Crippen molar-refractivity contribution in [1.82, 2.24) is 19.7 Å². The second-order valence-electron chi connectivity index (χ2n) is 4.35. The number of hydrogen-bond acceptors (Lipinski definition) is 5. The van der Waals surface area contributed by atoms with Gasteiger partial charge in [0.05, 0.1) is 6.20 Å². The van der Waals surface area contributed by atoms with Crippen LogP contribution in [0.1, 0.15) is 11.1 Å². The first-order chi connectivity index (χ1) is 8.69. The molecule has 6 heteroatoms. The van der Waals surface area contributed by atoms with Crippen molar-refractivity contribution < 1.29 is 0 Å². The van der Waals surface area contributed by atoms with Crippen LogP contribution in [0.3, 0.4) is 0 Å². The molecular formula is C12H18N6. The normalized spacial score (nSPS) is 10.9. The molecule has 0 fully saturated rings. The van der Waals surface area contributed by atoms with Gasteiger partial charge in [-0.3, -0.25) is 9.58 Å². The Kier molecular flexibility index (Phi) is 3.91. The molecule has 3 N–H and O–H groups in total. The Balaban J connectivity index is 2.00. The number of aryl methyl sites for hydroxylation is 1. The van der Waals surface area contributed by atoms with Crippen LogP contribution in [0, 0.1) is 0 Å². The minimum atomic E-state index is 0.718. The van der Waals surface area contributed by atoms with Crippen molar-refractivity contribution in [1.29, 1.82) is 0 Å². The van der Waals surface area contributed by atoms with Crippen LogP contribution in [0.5, 0.6) is 0 Å². The molecular weight excluding hydrogens is 228 g/mol. The number of nitrogens with two attached hydrogens (primary N) is 1. The monoisotopic (exact) mass is 246 g/mol. The highest BCUT2D eigenvalue weighted by Gasteiger charge is 2.07. The number of anilines is 1. The number of hydrogen-bond donors (Lipinski definition) is 2. The lowest BCUT2D eigenvalue weighted by Gasteiger charge is -2.17. The maximum atomic E-state index is 5.44. The van der Waals surface area contributed by atoms with Gasteiger partial charge >= 0.3 is 0 Å². The molecule has 6 nitrogen and oxygen atoms in total. The number of nitrogens with zero attached hydrogens (tertiary/aromatic N) is 4. The molecule has 0 saturated heterocycles. The average Bonchev–Trinajstić information content (AvgIpc) is 2.75. The molecule has 2 heterocycles. The Morgan fingerprint density at radius 2 is 2.28 bits per heavy atom. The highest BCUT2D eigenvalue weighted by molar-refractivity contribution is 5.42. The molecule has 0 bridgehead atoms. The molecule has 0 aliphatic carbocycles. The van der Waals surface area contributed by atoms with Crippen molar-refractivity contribution in [3.8, 4) is 0 Å². The first-order valence-electron chi connectivity index (χ1n) is 5.75. The lowest BCUT2D eigenvalue weighted by molar-refractivity contribution is 0.319. The Morgan fingerprint density at radius 3 is 2.94 bits per heavy atom. The first-order valence-corrected chi connectivity index (χ1v) is 5.75. The van der Waals surface area contributed by atoms with Gasteiger partial charge in [0.1, 0.15) is 5.82 Å². The van der Waals surface area contributed by atoms with Gasteiger partial charge < -0.3 is 5.43 Å². The standard InChI is InChI=1S/C12H18N6/c1-17(7-10-6-15-18(2)8-10)9-11-4-3-5-14-12(11)16-13/h3-6,8H,7,9,13H2,1-2H3,(H,14,16). The third-order valence-corrected chi connectivity index (χ3v) is 2.68. The zero-order valence-corrected chi connectivity index (χ0v) is 10.7. The fourth-order valence-corrected chi connectivity index (χ4v) is 1.91. The lowest BCUT2D eigenvalue weighted by Crippen LogP contribution is -2.19. The molecule has 96 valence electrons. The summed E-state index contributed by atoms with van der Waals surface area (Å²) in [5.41, 5.74) is 4.88. The van der Waals surface area contributed by atoms with Crippen molar-refractivity contribution in [2.75, 3.05) is 12.5 Å². The number of pyridine rings is 1. The van der Waals surface area contributed by atoms with E-state index in [1.807, 2.05) is 31.6 Å². The van der Waals surface area contributed by atoms with E-state index in [1.54, 1.807) is 10.9 Å². The van der Waals surface area contributed by atoms with Crippen LogP contribution in [0.2, 0.25) is 0 Å². The summed E-state index contributed by atoms with van der Waals surface area (Å²) < 4.78 is 1.81. The third kappa shape index (κ3) is 3.06. The molecule has 2 aromatic heterocycles. The van der Waals surface area contributed by atoms with E-state index in [0.29, 0.717) is 0 Å². The molecule has 0 aromatic carbocycles. The highest BCUT2D eigenvalue weighted by atomic mass is 15.3. The number of rotatable bonds is 5. The fourth-order valence-electron chi connectivity index (χ4n) is 1.91. The molecule has 0 unspecified atom stereocenters. The van der Waals surface area contributed by atoms with Gasteiger partial charge in [0, 0.05) is 43.7 Å². The third-order valence-electron chi connectivity index (χ3n) is 2.68. The SMILES string of the molecule is CN(Cc1cnn(C)c1)Cc1cccnc1NN. The van der Waals surface area contributed by atoms with Crippen molar-refractivity contribution >= 4 is 5.82 Å². The smallest absolute Gasteiger partial charge is 0.144 e. The van der Waals surface area contributed by atoms with E-state index >= 15 is 0 Å². The molecule has 0 amide bonds. The molecule has 0 atom stereocenters. The summed E-state index contributed by atoms with van der Waals surface area (Å²) in [6.45, 7) is 1.62. The molecule has 0 aliphatic rings. The van der Waals surface area contributed by atoms with Crippen molar-refractivity contribution in [3.05, 3.63) is 41.9 Å². The van der Waals surface area contributed by atoms with E-state index < -0.39 is 0 Å². The van der Waals surface area contributed by atoms with E-state index in [-0.39, 0.29) is 0 Å². The van der Waals surface area contributed by atoms with E-state index in [2.05, 4.69) is 27.5 Å². The van der Waals surface area contributed by atoms with Crippen LogP contribution in [0.15, 0.2) is 30.7 Å². The molecule has 0 saturated carbocycles. The minimum absolute atomic E-state index is 0.718. The maximum absolute atomic E-state index is 5.44. The lowest BCUT2D eigenvalue weighted by atomic mass is 10.2. The van der Waals surface area contributed by atoms with E-state index in [1.165, 1.54) is 5.56 Å². The topological polar surface area (TPSA) is 72.0 Å². The summed E-state index contributed by atoms with van der Waals surface area (Å²) in [6, 6.07) is 3.93. The van der Waals surface area contributed by atoms with Gasteiger partial charge in [0.2, 0.25) is 0 Å². The Morgan fingerprint density at radius 1 is 1.44 bits per heavy atom. The van der Waals surface area contributed by atoms with Gasteiger partial charge in [-0.1, -0.05) is 6.07 Å². The molecule has 0 radical (unpaired) electrons. The minimum Gasteiger partial charge on any atom is -0.308 e. The van der Waals surface area contributed by atoms with Crippen LogP contribution in [-0.2, 0) is 20.1 Å². The van der Waals surface area contributed by atoms with Crippen LogP contribution in [0.25, 0.3) is 0 Å². The molecule has 0 spiro atoms. The van der Waals surface area contributed by atoms with Gasteiger partial charge in [-0.05, 0) is 13.1 Å². The summed E-state index contributed by atoms with van der Waals surface area (Å²) in [6.07, 6.45) is 5.61. The summed E-state index contributed by atoms with van der Waals surface area (Å²) in [5.74, 6) is 6.16. The number of hydrazine groups is 1. The quantitative estimate of drug-likeness (QED) is 0.601. The first kappa shape index (κ1) is 12.5. The van der Waals surface area contributed by atoms with Gasteiger partial charge in [-0.15, -0.1) is 0 Å². The number of nitrogen functional groups attached to an aromatic ring is 1. The second-order valence-corrected chi connectivity index (χ2v) is 4.35. The average molecular weight is 246 g/mol. The maximum Gasteiger partial charge on any atom is 0.144 e. The van der Waals surface area contributed by atoms with Crippen LogP contribution < -0.4 is 11.3 Å². The van der Waals surface area contributed by atoms with Crippen molar-refractivity contribution in [2.45, 2.75) is 13.1 Å². The van der Waals surface area contributed by atoms with Gasteiger partial charge in [0.25, 0.3) is 0 Å². The van der Waals surface area contributed by atoms with E-state index in [0.717, 1.165) is 24.5 Å². The van der Waals surface area contributed by atoms with Crippen molar-refractivity contribution in [3.63, 3.8) is 0 Å². The fraction of sp³-hybridized carbons (Fsp3) is 0.333. The number of nitrogens with one attached hydrogen (secondary N) is 1. The van der Waals surface area contributed by atoms with E-state index in [9.17, 15) is 0 Å². The van der Waals surface area contributed by atoms with Gasteiger partial charge in [0.15, 0.2) is 0 Å². The zero-order chi connectivity index (χ0) is 13.0. The van der Waals surface area contributed by atoms with Crippen molar-refractivity contribution in [2.24, 2.45) is 12.9 Å². The van der Waals surface area contributed by atoms with E-state index in [4.69, 9.17) is 5.84 Å². The Hall–Kier alpha value is -1.92. The Bertz CT molecular complexity index is 507. The summed E-state index contributed by atoms with van der Waals surface area (Å²) in [7, 11) is 3.97. The number of aromatic nitrogens is 3. The summed E-state index contributed by atoms with van der Waals surface area (Å²) in [5, 5.41) is 4.16. The largest absolute Gasteiger partial charge is 0.308 e. The zero-order valence-electron chi connectivity index (χ0n) is 10.7. The molecule has 0 aliphatic heterocycles. The predicted octanol–water partition coefficient (Wildman–Crippen LogP) is 0.733. The van der Waals surface area contributed by atoms with Gasteiger partial charge in [-0.2, -0.15) is 5.10 Å². The van der Waals surface area contributed by atoms with Crippen LogP contribution >= 0.6 is 0 Å². The molecule has 2 aromatic rings. The van der Waals surface area contributed by atoms with Crippen LogP contribution in [0.4, 0.5) is 5.82 Å². The van der Waals surface area contributed by atoms with Gasteiger partial charge in [-0.25, -0.2) is 10.8 Å². The van der Waals surface area contributed by atoms with Crippen LogP contribution in [-0.4, -0.2) is 26.7 Å². The highest BCUT2D eigenvalue weighted by Crippen LogP contribution is 2.13. The summed E-state index contributed by atoms with van der Waals surface area (Å²) >= 11 is 0. The summed E-state index contributed by atoms with van der Waals surface area (Å²) in [4.78, 5) is 6.37. The molecule has 2 rings (SSSR count). The Labute approximate surface area is 106 Å². The second kappa shape index (κ2) is 5.61. The predicted molar refractivity (Wildman–Crippen MR) is 70.4 cm³/mol.